The zero-order chi connectivity index (χ0) is 13.5. The summed E-state index contributed by atoms with van der Waals surface area (Å²) in [5.41, 5.74) is 1.22. The second-order valence-electron chi connectivity index (χ2n) is 4.16. The molecule has 1 heterocycles. The van der Waals surface area contributed by atoms with E-state index in [0.717, 1.165) is 12.8 Å². The van der Waals surface area contributed by atoms with E-state index in [0.29, 0.717) is 23.5 Å². The number of hydrazine groups is 1. The Balaban J connectivity index is 3.06. The standard InChI is InChI=1S/C12H21N5O/c1-3-4-7-10(18)9-6-5-8-15-11(9)12(16-13)17(2)14/h5-6,8,10,18H,3-4,7,13-14H2,1-2H3/b16-12-. The van der Waals surface area contributed by atoms with Crippen LogP contribution in [0.2, 0.25) is 0 Å². The van der Waals surface area contributed by atoms with Crippen molar-refractivity contribution in [3.05, 3.63) is 29.6 Å². The van der Waals surface area contributed by atoms with Gasteiger partial charge in [0.2, 0.25) is 0 Å². The summed E-state index contributed by atoms with van der Waals surface area (Å²) in [6.07, 6.45) is 3.71. The third-order valence-corrected chi connectivity index (χ3v) is 2.70. The first-order valence-electron chi connectivity index (χ1n) is 6.01. The Labute approximate surface area is 107 Å². The minimum atomic E-state index is -0.578. The van der Waals surface area contributed by atoms with Gasteiger partial charge in [-0.05, 0) is 12.5 Å². The average Bonchev–Trinajstić information content (AvgIpc) is 2.37. The van der Waals surface area contributed by atoms with Crippen molar-refractivity contribution in [2.45, 2.75) is 32.3 Å². The van der Waals surface area contributed by atoms with E-state index in [2.05, 4.69) is 17.0 Å². The Morgan fingerprint density at radius 3 is 2.89 bits per heavy atom. The second-order valence-corrected chi connectivity index (χ2v) is 4.16. The number of aliphatic hydroxyl groups excluding tert-OH is 1. The third kappa shape index (κ3) is 3.41. The molecule has 0 spiro atoms. The van der Waals surface area contributed by atoms with Crippen molar-refractivity contribution in [3.8, 4) is 0 Å². The van der Waals surface area contributed by atoms with Crippen molar-refractivity contribution in [2.75, 3.05) is 7.05 Å². The van der Waals surface area contributed by atoms with Gasteiger partial charge in [-0.1, -0.05) is 25.8 Å². The Bertz CT molecular complexity index is 405. The van der Waals surface area contributed by atoms with E-state index in [1.54, 1.807) is 19.3 Å². The molecule has 0 aliphatic carbocycles. The summed E-state index contributed by atoms with van der Waals surface area (Å²) >= 11 is 0. The van der Waals surface area contributed by atoms with Gasteiger partial charge in [-0.25, -0.2) is 5.84 Å². The minimum Gasteiger partial charge on any atom is -0.388 e. The lowest BCUT2D eigenvalue weighted by Crippen LogP contribution is -2.36. The van der Waals surface area contributed by atoms with Crippen molar-refractivity contribution < 1.29 is 5.11 Å². The highest BCUT2D eigenvalue weighted by atomic mass is 16.3. The first-order valence-corrected chi connectivity index (χ1v) is 6.01. The molecule has 1 aromatic rings. The van der Waals surface area contributed by atoms with E-state index in [9.17, 15) is 5.11 Å². The molecular weight excluding hydrogens is 230 g/mol. The summed E-state index contributed by atoms with van der Waals surface area (Å²) in [5, 5.41) is 15.1. The predicted molar refractivity (Wildman–Crippen MR) is 71.4 cm³/mol. The van der Waals surface area contributed by atoms with Crippen LogP contribution >= 0.6 is 0 Å². The molecule has 1 rings (SSSR count). The SMILES string of the molecule is CCCCC(O)c1cccnc1/C(=N/N)N(C)N. The van der Waals surface area contributed by atoms with E-state index in [1.165, 1.54) is 5.01 Å². The van der Waals surface area contributed by atoms with Crippen LogP contribution in [0.1, 0.15) is 43.5 Å². The van der Waals surface area contributed by atoms with Gasteiger partial charge < -0.3 is 10.9 Å². The summed E-state index contributed by atoms with van der Waals surface area (Å²) in [5.74, 6) is 11.3. The van der Waals surface area contributed by atoms with Gasteiger partial charge in [-0.2, -0.15) is 5.10 Å². The van der Waals surface area contributed by atoms with Gasteiger partial charge in [0.25, 0.3) is 0 Å². The first kappa shape index (κ1) is 14.4. The Morgan fingerprint density at radius 2 is 2.33 bits per heavy atom. The molecule has 0 bridgehead atoms. The lowest BCUT2D eigenvalue weighted by atomic mass is 10.0. The largest absolute Gasteiger partial charge is 0.388 e. The number of pyridine rings is 1. The van der Waals surface area contributed by atoms with Gasteiger partial charge in [0.15, 0.2) is 5.84 Å². The molecule has 6 heteroatoms. The fourth-order valence-electron chi connectivity index (χ4n) is 1.75. The Kier molecular flexibility index (Phi) is 5.54. The Morgan fingerprint density at radius 1 is 1.61 bits per heavy atom. The summed E-state index contributed by atoms with van der Waals surface area (Å²) in [7, 11) is 1.63. The van der Waals surface area contributed by atoms with Crippen LogP contribution in [0.25, 0.3) is 0 Å². The molecular formula is C12H21N5O. The smallest absolute Gasteiger partial charge is 0.188 e. The van der Waals surface area contributed by atoms with E-state index in [-0.39, 0.29) is 0 Å². The molecule has 0 fully saturated rings. The van der Waals surface area contributed by atoms with Crippen LogP contribution in [-0.4, -0.2) is 28.0 Å². The maximum Gasteiger partial charge on any atom is 0.188 e. The lowest BCUT2D eigenvalue weighted by Gasteiger charge is -2.19. The van der Waals surface area contributed by atoms with Crippen molar-refractivity contribution in [2.24, 2.45) is 16.8 Å². The van der Waals surface area contributed by atoms with E-state index in [4.69, 9.17) is 11.7 Å². The average molecular weight is 251 g/mol. The molecule has 0 radical (unpaired) electrons. The number of nitrogens with zero attached hydrogens (tertiary/aromatic N) is 3. The van der Waals surface area contributed by atoms with Crippen LogP contribution in [-0.2, 0) is 0 Å². The first-order chi connectivity index (χ1) is 8.61. The number of hydrogen-bond acceptors (Lipinski definition) is 5. The number of amidine groups is 1. The van der Waals surface area contributed by atoms with E-state index in [1.807, 2.05) is 6.07 Å². The number of nitrogens with two attached hydrogens (primary N) is 2. The monoisotopic (exact) mass is 251 g/mol. The van der Waals surface area contributed by atoms with Gasteiger partial charge in [0.1, 0.15) is 5.69 Å². The molecule has 6 nitrogen and oxygen atoms in total. The molecule has 100 valence electrons. The predicted octanol–water partition coefficient (Wildman–Crippen LogP) is 0.731. The molecule has 0 aliphatic heterocycles. The van der Waals surface area contributed by atoms with E-state index < -0.39 is 6.10 Å². The summed E-state index contributed by atoms with van der Waals surface area (Å²) in [6.45, 7) is 2.08. The topological polar surface area (TPSA) is 101 Å². The van der Waals surface area contributed by atoms with Gasteiger partial charge in [0.05, 0.1) is 6.10 Å². The molecule has 1 aromatic heterocycles. The number of unbranched alkanes of at least 4 members (excludes halogenated alkanes) is 1. The fraction of sp³-hybridized carbons (Fsp3) is 0.500. The molecule has 0 saturated heterocycles. The van der Waals surface area contributed by atoms with Crippen molar-refractivity contribution in [1.82, 2.24) is 9.99 Å². The maximum absolute atomic E-state index is 10.2. The van der Waals surface area contributed by atoms with Gasteiger partial charge in [-0.3, -0.25) is 9.99 Å². The number of aliphatic hydroxyl groups is 1. The zero-order valence-corrected chi connectivity index (χ0v) is 10.9. The number of hydrogen-bond donors (Lipinski definition) is 3. The van der Waals surface area contributed by atoms with Crippen LogP contribution in [0, 0.1) is 0 Å². The normalized spacial score (nSPS) is 13.4. The molecule has 5 N–H and O–H groups in total. The highest BCUT2D eigenvalue weighted by Gasteiger charge is 2.18. The number of rotatable bonds is 5. The van der Waals surface area contributed by atoms with Gasteiger partial charge in [0, 0.05) is 18.8 Å². The fourth-order valence-corrected chi connectivity index (χ4v) is 1.75. The molecule has 0 aromatic carbocycles. The number of aromatic nitrogens is 1. The van der Waals surface area contributed by atoms with Crippen LogP contribution in [0.3, 0.4) is 0 Å². The lowest BCUT2D eigenvalue weighted by molar-refractivity contribution is 0.163. The van der Waals surface area contributed by atoms with Crippen LogP contribution in [0.15, 0.2) is 23.4 Å². The highest BCUT2D eigenvalue weighted by Crippen LogP contribution is 2.22. The highest BCUT2D eigenvalue weighted by molar-refractivity contribution is 5.97. The van der Waals surface area contributed by atoms with Gasteiger partial charge in [-0.15, -0.1) is 0 Å². The van der Waals surface area contributed by atoms with Crippen LogP contribution in [0.4, 0.5) is 0 Å². The Hall–Kier alpha value is -1.66. The van der Waals surface area contributed by atoms with Crippen molar-refractivity contribution in [3.63, 3.8) is 0 Å². The second kappa shape index (κ2) is 6.93. The van der Waals surface area contributed by atoms with Crippen LogP contribution < -0.4 is 11.7 Å². The van der Waals surface area contributed by atoms with Crippen LogP contribution in [0.5, 0.6) is 0 Å². The third-order valence-electron chi connectivity index (χ3n) is 2.70. The summed E-state index contributed by atoms with van der Waals surface area (Å²) < 4.78 is 0. The minimum absolute atomic E-state index is 0.348. The molecule has 1 unspecified atom stereocenters. The van der Waals surface area contributed by atoms with Crippen molar-refractivity contribution >= 4 is 5.84 Å². The molecule has 18 heavy (non-hydrogen) atoms. The molecule has 0 aliphatic rings. The molecule has 1 atom stereocenters. The van der Waals surface area contributed by atoms with Gasteiger partial charge >= 0.3 is 0 Å². The summed E-state index contributed by atoms with van der Waals surface area (Å²) in [4.78, 5) is 4.21. The zero-order valence-electron chi connectivity index (χ0n) is 10.9. The molecule has 0 amide bonds. The quantitative estimate of drug-likeness (QED) is 0.310. The number of hydrazone groups is 1. The van der Waals surface area contributed by atoms with E-state index >= 15 is 0 Å². The van der Waals surface area contributed by atoms with Crippen molar-refractivity contribution in [1.29, 1.82) is 0 Å². The summed E-state index contributed by atoms with van der Waals surface area (Å²) in [6, 6.07) is 3.59. The molecule has 0 saturated carbocycles. The maximum atomic E-state index is 10.2.